The SMILES string of the molecule is c1ccc(-c2ccc(N3c4ccc(-c5ccccc5)cc4B4c5ccccc5N(c5ccc(-c6ccccc6)c(-c6ccccc6)c5)c5cc(-c6ccccc6)cc3c54)cc2)cc1. The summed E-state index contributed by atoms with van der Waals surface area (Å²) < 4.78 is 0. The summed E-state index contributed by atoms with van der Waals surface area (Å²) in [6, 6.07) is 91.1. The van der Waals surface area contributed by atoms with Gasteiger partial charge in [0.15, 0.2) is 0 Å². The Labute approximate surface area is 369 Å². The molecule has 12 rings (SSSR count). The molecule has 0 atom stereocenters. The summed E-state index contributed by atoms with van der Waals surface area (Å²) >= 11 is 0. The fourth-order valence-corrected chi connectivity index (χ4v) is 9.95. The summed E-state index contributed by atoms with van der Waals surface area (Å²) in [6.45, 7) is -0.0111. The second kappa shape index (κ2) is 15.4. The fourth-order valence-electron chi connectivity index (χ4n) is 9.95. The quantitative estimate of drug-likeness (QED) is 0.148. The molecule has 294 valence electrons. The van der Waals surface area contributed by atoms with Gasteiger partial charge in [-0.2, -0.15) is 0 Å². The maximum Gasteiger partial charge on any atom is 0.252 e. The third-order valence-electron chi connectivity index (χ3n) is 12.9. The van der Waals surface area contributed by atoms with Gasteiger partial charge in [-0.15, -0.1) is 0 Å². The average Bonchev–Trinajstić information content (AvgIpc) is 3.37. The standard InChI is InChI=1S/C60H41BN2/c1-6-18-42(19-7-1)45-30-33-50(34-31-45)62-57-37-32-48(43-20-8-2-9-21-43)38-55(57)61-54-28-16-17-29-56(54)63(59-40-49(39-58(62)60(59)61)44-22-10-3-11-23-44)51-35-36-52(46-24-12-4-13-25-46)53(41-51)47-26-14-5-15-27-47/h1-41H. The van der Waals surface area contributed by atoms with E-state index >= 15 is 0 Å². The van der Waals surface area contributed by atoms with E-state index in [-0.39, 0.29) is 6.71 Å². The Hall–Kier alpha value is -8.14. The molecule has 0 saturated heterocycles. The van der Waals surface area contributed by atoms with E-state index in [9.17, 15) is 0 Å². The van der Waals surface area contributed by atoms with Gasteiger partial charge in [0.2, 0.25) is 0 Å². The summed E-state index contributed by atoms with van der Waals surface area (Å²) in [4.78, 5) is 5.04. The molecule has 10 aromatic carbocycles. The highest BCUT2D eigenvalue weighted by Crippen LogP contribution is 2.48. The number of hydrogen-bond donors (Lipinski definition) is 0. The Bertz CT molecular complexity index is 3260. The zero-order chi connectivity index (χ0) is 41.7. The summed E-state index contributed by atoms with van der Waals surface area (Å²) in [5.74, 6) is 0. The van der Waals surface area contributed by atoms with E-state index < -0.39 is 0 Å². The molecule has 2 nitrogen and oxygen atoms in total. The first kappa shape index (κ1) is 36.7. The lowest BCUT2D eigenvalue weighted by Crippen LogP contribution is -2.61. The van der Waals surface area contributed by atoms with Gasteiger partial charge in [-0.1, -0.05) is 200 Å². The first-order valence-corrected chi connectivity index (χ1v) is 21.8. The van der Waals surface area contributed by atoms with Crippen LogP contribution in [0.25, 0.3) is 55.6 Å². The van der Waals surface area contributed by atoms with Gasteiger partial charge in [0.05, 0.1) is 0 Å². The van der Waals surface area contributed by atoms with Crippen LogP contribution in [0.3, 0.4) is 0 Å². The zero-order valence-corrected chi connectivity index (χ0v) is 34.6. The van der Waals surface area contributed by atoms with Crippen molar-refractivity contribution < 1.29 is 0 Å². The number of hydrogen-bond acceptors (Lipinski definition) is 2. The van der Waals surface area contributed by atoms with Crippen molar-refractivity contribution in [1.82, 2.24) is 0 Å². The summed E-state index contributed by atoms with van der Waals surface area (Å²) in [7, 11) is 0. The molecular weight excluding hydrogens is 759 g/mol. The predicted octanol–water partition coefficient (Wildman–Crippen LogP) is 14.1. The predicted molar refractivity (Wildman–Crippen MR) is 268 cm³/mol. The Kier molecular flexibility index (Phi) is 8.97. The number of benzene rings is 10. The molecule has 2 aliphatic rings. The second-order valence-corrected chi connectivity index (χ2v) is 16.5. The summed E-state index contributed by atoms with van der Waals surface area (Å²) in [6.07, 6.45) is 0. The highest BCUT2D eigenvalue weighted by atomic mass is 15.2. The van der Waals surface area contributed by atoms with Crippen molar-refractivity contribution in [2.75, 3.05) is 9.80 Å². The molecule has 10 aromatic rings. The van der Waals surface area contributed by atoms with Gasteiger partial charge < -0.3 is 9.80 Å². The molecule has 0 saturated carbocycles. The first-order chi connectivity index (χ1) is 31.3. The van der Waals surface area contributed by atoms with Crippen molar-refractivity contribution in [3.8, 4) is 55.6 Å². The van der Waals surface area contributed by atoms with Crippen molar-refractivity contribution >= 4 is 57.2 Å². The van der Waals surface area contributed by atoms with Crippen LogP contribution in [0.15, 0.2) is 249 Å². The van der Waals surface area contributed by atoms with E-state index in [0.717, 1.165) is 11.4 Å². The zero-order valence-electron chi connectivity index (χ0n) is 34.6. The topological polar surface area (TPSA) is 6.48 Å². The van der Waals surface area contributed by atoms with Crippen LogP contribution in [-0.2, 0) is 0 Å². The minimum atomic E-state index is -0.0111. The highest BCUT2D eigenvalue weighted by Gasteiger charge is 2.43. The average molecular weight is 801 g/mol. The van der Waals surface area contributed by atoms with Crippen LogP contribution in [-0.4, -0.2) is 6.71 Å². The molecule has 0 spiro atoms. The van der Waals surface area contributed by atoms with E-state index in [0.29, 0.717) is 0 Å². The number of rotatable bonds is 7. The monoisotopic (exact) mass is 800 g/mol. The van der Waals surface area contributed by atoms with Gasteiger partial charge in [-0.05, 0) is 121 Å². The van der Waals surface area contributed by atoms with Crippen LogP contribution in [0, 0.1) is 0 Å². The Morgan fingerprint density at radius 1 is 0.238 bits per heavy atom. The molecule has 0 aliphatic carbocycles. The van der Waals surface area contributed by atoms with Gasteiger partial charge in [-0.25, -0.2) is 0 Å². The van der Waals surface area contributed by atoms with Crippen molar-refractivity contribution in [3.05, 3.63) is 249 Å². The van der Waals surface area contributed by atoms with E-state index in [1.54, 1.807) is 0 Å². The van der Waals surface area contributed by atoms with Crippen LogP contribution < -0.4 is 26.2 Å². The molecule has 0 amide bonds. The normalized spacial score (nSPS) is 12.3. The van der Waals surface area contributed by atoms with Crippen LogP contribution in [0.5, 0.6) is 0 Å². The molecule has 0 fully saturated rings. The summed E-state index contributed by atoms with van der Waals surface area (Å²) in [5.41, 5.74) is 22.9. The molecule has 0 aromatic heterocycles. The lowest BCUT2D eigenvalue weighted by atomic mass is 9.33. The van der Waals surface area contributed by atoms with Crippen molar-refractivity contribution in [1.29, 1.82) is 0 Å². The number of fused-ring (bicyclic) bond motifs is 4. The molecule has 0 radical (unpaired) electrons. The molecule has 3 heteroatoms. The number of anilines is 6. The minimum Gasteiger partial charge on any atom is -0.311 e. The Balaban J connectivity index is 1.14. The van der Waals surface area contributed by atoms with E-state index in [1.165, 1.54) is 94.8 Å². The highest BCUT2D eigenvalue weighted by molar-refractivity contribution is 7.00. The number of para-hydroxylation sites is 1. The molecule has 2 aliphatic heterocycles. The largest absolute Gasteiger partial charge is 0.311 e. The Morgan fingerprint density at radius 2 is 0.667 bits per heavy atom. The lowest BCUT2D eigenvalue weighted by Gasteiger charge is -2.44. The molecular formula is C60H41BN2. The third-order valence-corrected chi connectivity index (χ3v) is 12.9. The van der Waals surface area contributed by atoms with Gasteiger partial charge in [0.25, 0.3) is 6.71 Å². The van der Waals surface area contributed by atoms with Crippen LogP contribution in [0.4, 0.5) is 34.1 Å². The van der Waals surface area contributed by atoms with Gasteiger partial charge in [0, 0.05) is 34.1 Å². The molecule has 63 heavy (non-hydrogen) atoms. The van der Waals surface area contributed by atoms with Crippen molar-refractivity contribution in [3.63, 3.8) is 0 Å². The van der Waals surface area contributed by atoms with Gasteiger partial charge >= 0.3 is 0 Å². The van der Waals surface area contributed by atoms with E-state index in [1.807, 2.05) is 0 Å². The van der Waals surface area contributed by atoms with Gasteiger partial charge in [-0.3, -0.25) is 0 Å². The maximum absolute atomic E-state index is 2.53. The first-order valence-electron chi connectivity index (χ1n) is 21.8. The molecule has 2 heterocycles. The van der Waals surface area contributed by atoms with Gasteiger partial charge in [0.1, 0.15) is 0 Å². The third kappa shape index (κ3) is 6.37. The van der Waals surface area contributed by atoms with Crippen LogP contribution >= 0.6 is 0 Å². The number of nitrogens with zero attached hydrogens (tertiary/aromatic N) is 2. The Morgan fingerprint density at radius 3 is 1.27 bits per heavy atom. The second-order valence-electron chi connectivity index (χ2n) is 16.5. The molecule has 0 N–H and O–H groups in total. The smallest absolute Gasteiger partial charge is 0.252 e. The summed E-state index contributed by atoms with van der Waals surface area (Å²) in [5, 5.41) is 0. The van der Waals surface area contributed by atoms with Crippen LogP contribution in [0.2, 0.25) is 0 Å². The van der Waals surface area contributed by atoms with E-state index in [4.69, 9.17) is 0 Å². The minimum absolute atomic E-state index is 0.0111. The lowest BCUT2D eigenvalue weighted by molar-refractivity contribution is 1.25. The maximum atomic E-state index is 2.53. The van der Waals surface area contributed by atoms with Crippen LogP contribution in [0.1, 0.15) is 0 Å². The van der Waals surface area contributed by atoms with E-state index in [2.05, 4.69) is 259 Å². The molecule has 0 bridgehead atoms. The van der Waals surface area contributed by atoms with Crippen molar-refractivity contribution in [2.24, 2.45) is 0 Å². The fraction of sp³-hybridized carbons (Fsp3) is 0. The molecule has 0 unspecified atom stereocenters. The van der Waals surface area contributed by atoms with Crippen molar-refractivity contribution in [2.45, 2.75) is 0 Å².